The van der Waals surface area contributed by atoms with Crippen LogP contribution in [0, 0.1) is 16.0 Å². The van der Waals surface area contributed by atoms with Gasteiger partial charge < -0.3 is 4.90 Å². The predicted molar refractivity (Wildman–Crippen MR) is 83.9 cm³/mol. The summed E-state index contributed by atoms with van der Waals surface area (Å²) in [7, 11) is 0. The molecule has 7 heteroatoms. The zero-order valence-electron chi connectivity index (χ0n) is 13.0. The van der Waals surface area contributed by atoms with Crippen molar-refractivity contribution in [1.29, 1.82) is 0 Å². The van der Waals surface area contributed by atoms with Gasteiger partial charge in [0.2, 0.25) is 5.95 Å². The van der Waals surface area contributed by atoms with E-state index in [1.807, 2.05) is 0 Å². The zero-order valence-corrected chi connectivity index (χ0v) is 13.0. The van der Waals surface area contributed by atoms with Crippen LogP contribution in [-0.2, 0) is 0 Å². The smallest absolute Gasteiger partial charge is 0.305 e. The van der Waals surface area contributed by atoms with Crippen LogP contribution in [0.4, 0.5) is 11.6 Å². The van der Waals surface area contributed by atoms with Crippen LogP contribution in [0.1, 0.15) is 32.6 Å². The van der Waals surface area contributed by atoms with Gasteiger partial charge in [-0.1, -0.05) is 6.92 Å². The van der Waals surface area contributed by atoms with E-state index in [1.54, 1.807) is 0 Å². The highest BCUT2D eigenvalue weighted by atomic mass is 16.6. The van der Waals surface area contributed by atoms with E-state index in [2.05, 4.69) is 26.7 Å². The number of rotatable bonds is 3. The highest BCUT2D eigenvalue weighted by Gasteiger charge is 2.27. The van der Waals surface area contributed by atoms with Gasteiger partial charge >= 0.3 is 5.69 Å². The van der Waals surface area contributed by atoms with Gasteiger partial charge in [0.15, 0.2) is 0 Å². The summed E-state index contributed by atoms with van der Waals surface area (Å²) in [4.78, 5) is 23.1. The van der Waals surface area contributed by atoms with Crippen molar-refractivity contribution in [3.8, 4) is 0 Å². The maximum Gasteiger partial charge on any atom is 0.305 e. The first-order valence-corrected chi connectivity index (χ1v) is 8.09. The normalized spacial score (nSPS) is 26.9. The molecule has 2 aliphatic rings. The molecular weight excluding hydrogens is 282 g/mol. The molecule has 7 nitrogen and oxygen atoms in total. The summed E-state index contributed by atoms with van der Waals surface area (Å²) in [6.07, 6.45) is 7.89. The molecule has 0 bridgehead atoms. The first-order valence-electron chi connectivity index (χ1n) is 8.09. The Morgan fingerprint density at radius 2 is 1.68 bits per heavy atom. The van der Waals surface area contributed by atoms with Crippen molar-refractivity contribution in [3.63, 3.8) is 0 Å². The number of nitro groups is 1. The minimum atomic E-state index is -0.466. The number of hydrogen-bond donors (Lipinski definition) is 0. The molecule has 0 unspecified atom stereocenters. The molecule has 1 aliphatic heterocycles. The van der Waals surface area contributed by atoms with E-state index in [4.69, 9.17) is 0 Å². The largest absolute Gasteiger partial charge is 0.338 e. The second-order valence-electron chi connectivity index (χ2n) is 6.44. The average molecular weight is 305 g/mol. The quantitative estimate of drug-likeness (QED) is 0.628. The zero-order chi connectivity index (χ0) is 15.5. The lowest BCUT2D eigenvalue weighted by atomic mass is 9.86. The van der Waals surface area contributed by atoms with Crippen molar-refractivity contribution in [2.45, 2.75) is 38.6 Å². The lowest BCUT2D eigenvalue weighted by molar-refractivity contribution is -0.385. The third kappa shape index (κ3) is 3.35. The molecule has 0 amide bonds. The van der Waals surface area contributed by atoms with E-state index in [0.717, 1.165) is 38.1 Å². The molecule has 2 heterocycles. The summed E-state index contributed by atoms with van der Waals surface area (Å²) in [5, 5.41) is 10.6. The Hall–Kier alpha value is -1.76. The standard InChI is InChI=1S/C15H23N5O2/c1-12-2-4-13(5-3-12)18-6-8-19(9-7-18)15-16-10-14(11-17-15)20(21)22/h10-13H,2-9H2,1H3. The van der Waals surface area contributed by atoms with Crippen LogP contribution in [0.3, 0.4) is 0 Å². The average Bonchev–Trinajstić information content (AvgIpc) is 2.56. The lowest BCUT2D eigenvalue weighted by Crippen LogP contribution is -2.51. The van der Waals surface area contributed by atoms with Gasteiger partial charge in [-0.2, -0.15) is 0 Å². The van der Waals surface area contributed by atoms with Gasteiger partial charge in [0, 0.05) is 32.2 Å². The van der Waals surface area contributed by atoms with Crippen molar-refractivity contribution in [1.82, 2.24) is 14.9 Å². The molecule has 0 atom stereocenters. The van der Waals surface area contributed by atoms with E-state index in [1.165, 1.54) is 38.1 Å². The summed E-state index contributed by atoms with van der Waals surface area (Å²) >= 11 is 0. The highest BCUT2D eigenvalue weighted by molar-refractivity contribution is 5.34. The van der Waals surface area contributed by atoms with Crippen LogP contribution >= 0.6 is 0 Å². The molecule has 2 fully saturated rings. The molecule has 0 spiro atoms. The Kier molecular flexibility index (Phi) is 4.52. The first-order chi connectivity index (χ1) is 10.6. The fraction of sp³-hybridized carbons (Fsp3) is 0.733. The summed E-state index contributed by atoms with van der Waals surface area (Å²) in [5.41, 5.74) is -0.0567. The first kappa shape index (κ1) is 15.1. The molecule has 1 saturated carbocycles. The second kappa shape index (κ2) is 6.56. The number of aromatic nitrogens is 2. The third-order valence-electron chi connectivity index (χ3n) is 4.93. The molecule has 0 radical (unpaired) electrons. The molecule has 0 N–H and O–H groups in total. The van der Waals surface area contributed by atoms with Crippen molar-refractivity contribution in [2.24, 2.45) is 5.92 Å². The summed E-state index contributed by atoms with van der Waals surface area (Å²) in [6, 6.07) is 0.733. The van der Waals surface area contributed by atoms with Gasteiger partial charge in [-0.3, -0.25) is 15.0 Å². The number of anilines is 1. The molecule has 1 aromatic heterocycles. The molecule has 3 rings (SSSR count). The van der Waals surface area contributed by atoms with Crippen molar-refractivity contribution in [2.75, 3.05) is 31.1 Å². The Morgan fingerprint density at radius 3 is 2.23 bits per heavy atom. The summed E-state index contributed by atoms with van der Waals surface area (Å²) in [5.74, 6) is 1.48. The fourth-order valence-electron chi connectivity index (χ4n) is 3.47. The minimum Gasteiger partial charge on any atom is -0.338 e. The van der Waals surface area contributed by atoms with Crippen LogP contribution in [0.15, 0.2) is 12.4 Å². The van der Waals surface area contributed by atoms with Crippen LogP contribution in [0.5, 0.6) is 0 Å². The van der Waals surface area contributed by atoms with Gasteiger partial charge in [0.25, 0.3) is 0 Å². The molecule has 1 saturated heterocycles. The number of nitrogens with zero attached hydrogens (tertiary/aromatic N) is 5. The number of hydrogen-bond acceptors (Lipinski definition) is 6. The third-order valence-corrected chi connectivity index (χ3v) is 4.93. The van der Waals surface area contributed by atoms with Crippen LogP contribution < -0.4 is 4.90 Å². The van der Waals surface area contributed by atoms with Crippen LogP contribution in [-0.4, -0.2) is 52.0 Å². The van der Waals surface area contributed by atoms with Crippen molar-refractivity contribution in [3.05, 3.63) is 22.5 Å². The van der Waals surface area contributed by atoms with Crippen LogP contribution in [0.25, 0.3) is 0 Å². The molecule has 120 valence electrons. The van der Waals surface area contributed by atoms with E-state index in [-0.39, 0.29) is 5.69 Å². The topological polar surface area (TPSA) is 75.4 Å². The van der Waals surface area contributed by atoms with Gasteiger partial charge in [-0.15, -0.1) is 0 Å². The van der Waals surface area contributed by atoms with Crippen molar-refractivity contribution >= 4 is 11.6 Å². The predicted octanol–water partition coefficient (Wildman–Crippen LogP) is 2.09. The van der Waals surface area contributed by atoms with Crippen LogP contribution in [0.2, 0.25) is 0 Å². The molecule has 1 aromatic rings. The monoisotopic (exact) mass is 305 g/mol. The Labute approximate surface area is 130 Å². The molecule has 1 aliphatic carbocycles. The van der Waals surface area contributed by atoms with Gasteiger partial charge in [0.05, 0.1) is 4.92 Å². The van der Waals surface area contributed by atoms with E-state index < -0.39 is 4.92 Å². The fourth-order valence-corrected chi connectivity index (χ4v) is 3.47. The van der Waals surface area contributed by atoms with E-state index >= 15 is 0 Å². The van der Waals surface area contributed by atoms with Gasteiger partial charge in [-0.25, -0.2) is 9.97 Å². The maximum atomic E-state index is 10.6. The SMILES string of the molecule is CC1CCC(N2CCN(c3ncc([N+](=O)[O-])cn3)CC2)CC1. The molecular formula is C15H23N5O2. The summed E-state index contributed by atoms with van der Waals surface area (Å²) < 4.78 is 0. The molecule has 0 aromatic carbocycles. The van der Waals surface area contributed by atoms with Crippen molar-refractivity contribution < 1.29 is 4.92 Å². The lowest BCUT2D eigenvalue weighted by Gasteiger charge is -2.41. The Morgan fingerprint density at radius 1 is 1.09 bits per heavy atom. The van der Waals surface area contributed by atoms with E-state index in [9.17, 15) is 10.1 Å². The second-order valence-corrected chi connectivity index (χ2v) is 6.44. The molecule has 22 heavy (non-hydrogen) atoms. The Balaban J connectivity index is 1.54. The van der Waals surface area contributed by atoms with Gasteiger partial charge in [0.1, 0.15) is 12.4 Å². The Bertz CT molecular complexity index is 505. The maximum absolute atomic E-state index is 10.6. The number of piperazine rings is 1. The van der Waals surface area contributed by atoms with Gasteiger partial charge in [-0.05, 0) is 31.6 Å². The summed E-state index contributed by atoms with van der Waals surface area (Å²) in [6.45, 7) is 6.19. The highest BCUT2D eigenvalue weighted by Crippen LogP contribution is 2.28. The minimum absolute atomic E-state index is 0.0567. The van der Waals surface area contributed by atoms with E-state index in [0.29, 0.717) is 5.95 Å².